The van der Waals surface area contributed by atoms with Gasteiger partial charge in [-0.2, -0.15) is 0 Å². The van der Waals surface area contributed by atoms with E-state index in [1.54, 1.807) is 4.90 Å². The van der Waals surface area contributed by atoms with Crippen molar-refractivity contribution in [2.75, 3.05) is 13.7 Å². The van der Waals surface area contributed by atoms with E-state index in [9.17, 15) is 9.59 Å². The van der Waals surface area contributed by atoms with Crippen molar-refractivity contribution in [1.29, 1.82) is 0 Å². The van der Waals surface area contributed by atoms with Crippen LogP contribution in [0.4, 0.5) is 4.79 Å². The molecule has 3 amide bonds. The molecule has 0 aromatic heterocycles. The summed E-state index contributed by atoms with van der Waals surface area (Å²) in [7, 11) is 1.38. The number of urea groups is 1. The van der Waals surface area contributed by atoms with Crippen LogP contribution in [0.25, 0.3) is 0 Å². The van der Waals surface area contributed by atoms with Crippen LogP contribution in [0.5, 0.6) is 0 Å². The fourth-order valence-electron chi connectivity index (χ4n) is 2.01. The Kier molecular flexibility index (Phi) is 2.28. The molecule has 2 atom stereocenters. The van der Waals surface area contributed by atoms with Crippen LogP contribution >= 0.6 is 0 Å². The molecule has 2 saturated heterocycles. The Morgan fingerprint density at radius 2 is 2.43 bits per heavy atom. The van der Waals surface area contributed by atoms with Crippen molar-refractivity contribution < 1.29 is 14.4 Å². The SMILES string of the molecule is CONC(=O)[C@@H]1CC[C@@H]2CN1C(=O)N2. The first-order valence-corrected chi connectivity index (χ1v) is 4.62. The average Bonchev–Trinajstić information content (AvgIpc) is 2.43. The van der Waals surface area contributed by atoms with Crippen LogP contribution in [0.3, 0.4) is 0 Å². The molecule has 0 aliphatic carbocycles. The molecule has 0 aromatic rings. The Morgan fingerprint density at radius 1 is 1.64 bits per heavy atom. The number of rotatable bonds is 2. The van der Waals surface area contributed by atoms with Crippen molar-refractivity contribution in [3.8, 4) is 0 Å². The molecule has 6 nitrogen and oxygen atoms in total. The molecule has 14 heavy (non-hydrogen) atoms. The highest BCUT2D eigenvalue weighted by Crippen LogP contribution is 2.22. The zero-order chi connectivity index (χ0) is 10.1. The number of nitrogens with zero attached hydrogens (tertiary/aromatic N) is 1. The topological polar surface area (TPSA) is 70.7 Å². The summed E-state index contributed by atoms with van der Waals surface area (Å²) in [5.41, 5.74) is 2.26. The highest BCUT2D eigenvalue weighted by molar-refractivity contribution is 5.88. The summed E-state index contributed by atoms with van der Waals surface area (Å²) in [6.45, 7) is 0.626. The quantitative estimate of drug-likeness (QED) is 0.573. The van der Waals surface area contributed by atoms with E-state index in [0.717, 1.165) is 6.42 Å². The largest absolute Gasteiger partial charge is 0.333 e. The van der Waals surface area contributed by atoms with Crippen molar-refractivity contribution in [2.24, 2.45) is 0 Å². The molecule has 0 aromatic carbocycles. The Balaban J connectivity index is 2.05. The maximum atomic E-state index is 11.5. The smallest absolute Gasteiger partial charge is 0.318 e. The van der Waals surface area contributed by atoms with E-state index in [4.69, 9.17) is 0 Å². The molecule has 2 aliphatic heterocycles. The van der Waals surface area contributed by atoms with E-state index in [-0.39, 0.29) is 24.0 Å². The number of piperidine rings is 1. The summed E-state index contributed by atoms with van der Waals surface area (Å²) in [5.74, 6) is -0.247. The van der Waals surface area contributed by atoms with Crippen LogP contribution in [-0.4, -0.2) is 42.6 Å². The van der Waals surface area contributed by atoms with Crippen molar-refractivity contribution in [3.63, 3.8) is 0 Å². The van der Waals surface area contributed by atoms with E-state index in [0.29, 0.717) is 13.0 Å². The molecule has 78 valence electrons. The van der Waals surface area contributed by atoms with Gasteiger partial charge in [-0.05, 0) is 12.8 Å². The van der Waals surface area contributed by atoms with Crippen LogP contribution in [0.1, 0.15) is 12.8 Å². The van der Waals surface area contributed by atoms with Gasteiger partial charge in [0.25, 0.3) is 5.91 Å². The van der Waals surface area contributed by atoms with Gasteiger partial charge in [0.15, 0.2) is 0 Å². The number of hydrogen-bond donors (Lipinski definition) is 2. The van der Waals surface area contributed by atoms with Crippen LogP contribution in [0, 0.1) is 0 Å². The molecular formula is C8H13N3O3. The minimum atomic E-state index is -0.381. The van der Waals surface area contributed by atoms with E-state index >= 15 is 0 Å². The zero-order valence-electron chi connectivity index (χ0n) is 7.95. The van der Waals surface area contributed by atoms with Gasteiger partial charge < -0.3 is 10.2 Å². The lowest BCUT2D eigenvalue weighted by Gasteiger charge is -2.28. The molecule has 2 heterocycles. The van der Waals surface area contributed by atoms with Crippen LogP contribution < -0.4 is 10.8 Å². The monoisotopic (exact) mass is 199 g/mol. The van der Waals surface area contributed by atoms with Crippen LogP contribution in [-0.2, 0) is 9.63 Å². The van der Waals surface area contributed by atoms with E-state index in [2.05, 4.69) is 15.6 Å². The van der Waals surface area contributed by atoms with Gasteiger partial charge in [-0.3, -0.25) is 9.63 Å². The number of carbonyl (C=O) groups is 2. The highest BCUT2D eigenvalue weighted by Gasteiger charge is 2.41. The predicted molar refractivity (Wildman–Crippen MR) is 47.2 cm³/mol. The molecular weight excluding hydrogens is 186 g/mol. The van der Waals surface area contributed by atoms with Gasteiger partial charge in [0.05, 0.1) is 7.11 Å². The van der Waals surface area contributed by atoms with Gasteiger partial charge >= 0.3 is 6.03 Å². The second-order valence-electron chi connectivity index (χ2n) is 3.56. The van der Waals surface area contributed by atoms with Gasteiger partial charge in [0.2, 0.25) is 0 Å². The lowest BCUT2D eigenvalue weighted by atomic mass is 10.0. The van der Waals surface area contributed by atoms with Gasteiger partial charge in [-0.1, -0.05) is 0 Å². The summed E-state index contributed by atoms with van der Waals surface area (Å²) in [6.07, 6.45) is 1.54. The van der Waals surface area contributed by atoms with Gasteiger partial charge in [0, 0.05) is 12.6 Å². The molecule has 2 aliphatic rings. The van der Waals surface area contributed by atoms with E-state index in [1.165, 1.54) is 7.11 Å². The lowest BCUT2D eigenvalue weighted by Crippen LogP contribution is -2.49. The summed E-state index contributed by atoms with van der Waals surface area (Å²) < 4.78 is 0. The van der Waals surface area contributed by atoms with Crippen molar-refractivity contribution in [1.82, 2.24) is 15.7 Å². The van der Waals surface area contributed by atoms with E-state index in [1.807, 2.05) is 0 Å². The molecule has 2 fully saturated rings. The van der Waals surface area contributed by atoms with Gasteiger partial charge in [-0.15, -0.1) is 0 Å². The lowest BCUT2D eigenvalue weighted by molar-refractivity contribution is -0.136. The first kappa shape index (κ1) is 9.26. The Hall–Kier alpha value is -1.30. The third-order valence-corrected chi connectivity index (χ3v) is 2.68. The maximum absolute atomic E-state index is 11.5. The maximum Gasteiger partial charge on any atom is 0.318 e. The highest BCUT2D eigenvalue weighted by atomic mass is 16.6. The number of hydroxylamine groups is 1. The summed E-state index contributed by atoms with van der Waals surface area (Å²) in [6, 6.07) is -0.313. The molecule has 0 unspecified atom stereocenters. The first-order valence-electron chi connectivity index (χ1n) is 4.62. The number of fused-ring (bicyclic) bond motifs is 2. The average molecular weight is 199 g/mol. The molecule has 2 N–H and O–H groups in total. The predicted octanol–water partition coefficient (Wildman–Crippen LogP) is -0.780. The minimum Gasteiger partial charge on any atom is -0.333 e. The molecule has 2 rings (SSSR count). The van der Waals surface area contributed by atoms with Gasteiger partial charge in [-0.25, -0.2) is 10.3 Å². The third kappa shape index (κ3) is 1.41. The molecule has 2 bridgehead atoms. The Bertz CT molecular complexity index is 269. The second kappa shape index (κ2) is 3.45. The number of nitrogens with one attached hydrogen (secondary N) is 2. The standard InChI is InChI=1S/C8H13N3O3/c1-14-10-7(12)6-3-2-5-4-11(6)8(13)9-5/h5-6H,2-4H2,1H3,(H,9,13)(H,10,12)/t5-,6+/m1/s1. The van der Waals surface area contributed by atoms with E-state index < -0.39 is 0 Å². The fraction of sp³-hybridized carbons (Fsp3) is 0.750. The fourth-order valence-corrected chi connectivity index (χ4v) is 2.01. The van der Waals surface area contributed by atoms with Crippen LogP contribution in [0.15, 0.2) is 0 Å². The third-order valence-electron chi connectivity index (χ3n) is 2.68. The van der Waals surface area contributed by atoms with Gasteiger partial charge in [0.1, 0.15) is 6.04 Å². The normalized spacial score (nSPS) is 30.1. The first-order chi connectivity index (χ1) is 6.72. The summed E-state index contributed by atoms with van der Waals surface area (Å²) >= 11 is 0. The molecule has 0 radical (unpaired) electrons. The van der Waals surface area contributed by atoms with Crippen molar-refractivity contribution in [3.05, 3.63) is 0 Å². The Morgan fingerprint density at radius 3 is 3.14 bits per heavy atom. The molecule has 6 heteroatoms. The van der Waals surface area contributed by atoms with Crippen molar-refractivity contribution in [2.45, 2.75) is 24.9 Å². The molecule has 0 saturated carbocycles. The minimum absolute atomic E-state index is 0.149. The number of hydrogen-bond acceptors (Lipinski definition) is 3. The Labute approximate surface area is 81.5 Å². The summed E-state index contributed by atoms with van der Waals surface area (Å²) in [5, 5.41) is 2.81. The van der Waals surface area contributed by atoms with Crippen LogP contribution in [0.2, 0.25) is 0 Å². The molecule has 0 spiro atoms. The second-order valence-corrected chi connectivity index (χ2v) is 3.56. The zero-order valence-corrected chi connectivity index (χ0v) is 7.95. The number of amides is 3. The van der Waals surface area contributed by atoms with Crippen molar-refractivity contribution >= 4 is 11.9 Å². The number of carbonyl (C=O) groups excluding carboxylic acids is 2. The summed E-state index contributed by atoms with van der Waals surface area (Å²) in [4.78, 5) is 28.9.